The van der Waals surface area contributed by atoms with Gasteiger partial charge in [0, 0.05) is 12.7 Å². The molecule has 1 nitrogen and oxygen atoms in total. The third-order valence-electron chi connectivity index (χ3n) is 3.04. The Bertz CT molecular complexity index is 403. The predicted octanol–water partition coefficient (Wildman–Crippen LogP) is 2.97. The quantitative estimate of drug-likeness (QED) is 0.559. The number of fused-ring (bicyclic) bond motifs is 3. The zero-order valence-corrected chi connectivity index (χ0v) is 8.06. The molecule has 70 valence electrons. The van der Waals surface area contributed by atoms with E-state index in [1.54, 1.807) is 0 Å². The Hall–Kier alpha value is -1.50. The van der Waals surface area contributed by atoms with E-state index in [1.165, 1.54) is 11.1 Å². The third-order valence-corrected chi connectivity index (χ3v) is 3.04. The highest BCUT2D eigenvalue weighted by Crippen LogP contribution is 2.34. The van der Waals surface area contributed by atoms with Crippen LogP contribution in [0.4, 0.5) is 0 Å². The van der Waals surface area contributed by atoms with Gasteiger partial charge in [0.15, 0.2) is 0 Å². The molecule has 0 aliphatic carbocycles. The van der Waals surface area contributed by atoms with Gasteiger partial charge in [-0.05, 0) is 23.6 Å². The summed E-state index contributed by atoms with van der Waals surface area (Å²) in [5.74, 6) is 0. The molecule has 0 fully saturated rings. The average Bonchev–Trinajstić information content (AvgIpc) is 2.29. The van der Waals surface area contributed by atoms with Crippen LogP contribution in [0.5, 0.6) is 0 Å². The van der Waals surface area contributed by atoms with Crippen LogP contribution < -0.4 is 0 Å². The molecule has 0 radical (unpaired) electrons. The van der Waals surface area contributed by atoms with Crippen LogP contribution in [0.15, 0.2) is 42.6 Å². The number of rotatable bonds is 0. The molecule has 0 amide bonds. The molecule has 0 spiro atoms. The highest BCUT2D eigenvalue weighted by molar-refractivity contribution is 5.57. The molecule has 1 unspecified atom stereocenters. The number of hydrogen-bond donors (Lipinski definition) is 0. The van der Waals surface area contributed by atoms with Gasteiger partial charge < -0.3 is 4.90 Å². The van der Waals surface area contributed by atoms with Crippen LogP contribution >= 0.6 is 0 Å². The van der Waals surface area contributed by atoms with Gasteiger partial charge in [-0.3, -0.25) is 0 Å². The average molecular weight is 183 g/mol. The lowest BCUT2D eigenvalue weighted by Crippen LogP contribution is -2.28. The Morgan fingerprint density at radius 1 is 1.14 bits per heavy atom. The fraction of sp³-hybridized carbons (Fsp3) is 0.231. The van der Waals surface area contributed by atoms with Crippen molar-refractivity contribution in [2.45, 2.75) is 12.5 Å². The maximum Gasteiger partial charge on any atom is 0.0580 e. The lowest BCUT2D eigenvalue weighted by atomic mass is 9.92. The summed E-state index contributed by atoms with van der Waals surface area (Å²) in [5.41, 5.74) is 2.85. The standard InChI is InChI=1S/C13H13N/c1-2-6-12-11(5-1)8-10-14-9-4-3-7-13(12)14/h1-6,8,10,13H,7,9H2. The van der Waals surface area contributed by atoms with Crippen molar-refractivity contribution in [1.29, 1.82) is 0 Å². The van der Waals surface area contributed by atoms with Gasteiger partial charge in [0.05, 0.1) is 6.04 Å². The fourth-order valence-corrected chi connectivity index (χ4v) is 2.30. The van der Waals surface area contributed by atoms with Crippen molar-refractivity contribution >= 4 is 6.08 Å². The van der Waals surface area contributed by atoms with Crippen molar-refractivity contribution in [2.75, 3.05) is 6.54 Å². The van der Waals surface area contributed by atoms with Crippen LogP contribution in [0, 0.1) is 0 Å². The van der Waals surface area contributed by atoms with E-state index >= 15 is 0 Å². The third kappa shape index (κ3) is 1.09. The molecule has 1 atom stereocenters. The summed E-state index contributed by atoms with van der Waals surface area (Å²) >= 11 is 0. The normalized spacial score (nSPS) is 23.1. The van der Waals surface area contributed by atoms with Crippen LogP contribution in [0.2, 0.25) is 0 Å². The Balaban J connectivity index is 2.10. The van der Waals surface area contributed by atoms with Gasteiger partial charge >= 0.3 is 0 Å². The first-order chi connectivity index (χ1) is 6.95. The molecule has 2 aliphatic heterocycles. The van der Waals surface area contributed by atoms with Crippen molar-refractivity contribution in [3.05, 3.63) is 53.7 Å². The maximum atomic E-state index is 2.41. The summed E-state index contributed by atoms with van der Waals surface area (Å²) in [4.78, 5) is 2.41. The predicted molar refractivity (Wildman–Crippen MR) is 58.7 cm³/mol. The van der Waals surface area contributed by atoms with E-state index in [-0.39, 0.29) is 0 Å². The molecule has 1 aromatic carbocycles. The van der Waals surface area contributed by atoms with Gasteiger partial charge in [0.2, 0.25) is 0 Å². The van der Waals surface area contributed by atoms with Crippen LogP contribution in [0.3, 0.4) is 0 Å². The van der Waals surface area contributed by atoms with Crippen molar-refractivity contribution < 1.29 is 0 Å². The van der Waals surface area contributed by atoms with E-state index in [1.807, 2.05) is 0 Å². The molecule has 0 N–H and O–H groups in total. The van der Waals surface area contributed by atoms with Gasteiger partial charge in [-0.2, -0.15) is 0 Å². The first-order valence-electron chi connectivity index (χ1n) is 5.13. The molecule has 14 heavy (non-hydrogen) atoms. The molecular formula is C13H13N. The Morgan fingerprint density at radius 3 is 3.07 bits per heavy atom. The summed E-state index contributed by atoms with van der Waals surface area (Å²) in [6.07, 6.45) is 10.1. The zero-order valence-electron chi connectivity index (χ0n) is 8.06. The van der Waals surface area contributed by atoms with Gasteiger partial charge in [-0.25, -0.2) is 0 Å². The summed E-state index contributed by atoms with van der Waals surface area (Å²) in [5, 5.41) is 0. The monoisotopic (exact) mass is 183 g/mol. The van der Waals surface area contributed by atoms with E-state index < -0.39 is 0 Å². The van der Waals surface area contributed by atoms with Crippen molar-refractivity contribution in [3.8, 4) is 0 Å². The second-order valence-electron chi connectivity index (χ2n) is 3.86. The minimum Gasteiger partial charge on any atom is -0.366 e. The van der Waals surface area contributed by atoms with E-state index in [2.05, 4.69) is 53.6 Å². The van der Waals surface area contributed by atoms with Crippen LogP contribution in [-0.4, -0.2) is 11.4 Å². The first-order valence-corrected chi connectivity index (χ1v) is 5.13. The van der Waals surface area contributed by atoms with Crippen molar-refractivity contribution in [3.63, 3.8) is 0 Å². The Labute approximate surface area is 84.4 Å². The first kappa shape index (κ1) is 7.86. The van der Waals surface area contributed by atoms with Gasteiger partial charge in [-0.1, -0.05) is 36.4 Å². The summed E-state index contributed by atoms with van der Waals surface area (Å²) in [7, 11) is 0. The molecule has 0 saturated heterocycles. The second kappa shape index (κ2) is 3.02. The van der Waals surface area contributed by atoms with Crippen LogP contribution in [-0.2, 0) is 0 Å². The SMILES string of the molecule is C1=CCN2C=Cc3ccccc3C2C1. The number of hydrogen-bond acceptors (Lipinski definition) is 1. The van der Waals surface area contributed by atoms with Crippen molar-refractivity contribution in [1.82, 2.24) is 4.90 Å². The minimum absolute atomic E-state index is 0.571. The van der Waals surface area contributed by atoms with Gasteiger partial charge in [-0.15, -0.1) is 0 Å². The van der Waals surface area contributed by atoms with Gasteiger partial charge in [0.1, 0.15) is 0 Å². The molecule has 0 bridgehead atoms. The minimum atomic E-state index is 0.571. The number of benzene rings is 1. The maximum absolute atomic E-state index is 2.41. The molecule has 2 heterocycles. The summed E-state index contributed by atoms with van der Waals surface area (Å²) < 4.78 is 0. The zero-order chi connectivity index (χ0) is 9.38. The Kier molecular flexibility index (Phi) is 1.69. The lowest BCUT2D eigenvalue weighted by molar-refractivity contribution is 0.293. The molecule has 1 aromatic rings. The highest BCUT2D eigenvalue weighted by atomic mass is 15.1. The Morgan fingerprint density at radius 2 is 2.07 bits per heavy atom. The summed E-state index contributed by atoms with van der Waals surface area (Å²) in [6, 6.07) is 9.25. The largest absolute Gasteiger partial charge is 0.366 e. The van der Waals surface area contributed by atoms with Gasteiger partial charge in [0.25, 0.3) is 0 Å². The highest BCUT2D eigenvalue weighted by Gasteiger charge is 2.22. The molecule has 1 heteroatoms. The van der Waals surface area contributed by atoms with Crippen LogP contribution in [0.25, 0.3) is 6.08 Å². The molecule has 3 rings (SSSR count). The molecule has 2 aliphatic rings. The van der Waals surface area contributed by atoms with E-state index in [0.717, 1.165) is 13.0 Å². The summed E-state index contributed by atoms with van der Waals surface area (Å²) in [6.45, 7) is 1.05. The van der Waals surface area contributed by atoms with E-state index in [0.29, 0.717) is 6.04 Å². The number of nitrogens with zero attached hydrogens (tertiary/aromatic N) is 1. The van der Waals surface area contributed by atoms with Crippen LogP contribution in [0.1, 0.15) is 23.6 Å². The smallest absolute Gasteiger partial charge is 0.0580 e. The molecule has 0 saturated carbocycles. The topological polar surface area (TPSA) is 3.24 Å². The van der Waals surface area contributed by atoms with E-state index in [4.69, 9.17) is 0 Å². The molecular weight excluding hydrogens is 170 g/mol. The van der Waals surface area contributed by atoms with E-state index in [9.17, 15) is 0 Å². The second-order valence-corrected chi connectivity index (χ2v) is 3.86. The van der Waals surface area contributed by atoms with Crippen molar-refractivity contribution in [2.24, 2.45) is 0 Å². The molecule has 0 aromatic heterocycles. The lowest BCUT2D eigenvalue weighted by Gasteiger charge is -2.35. The fourth-order valence-electron chi connectivity index (χ4n) is 2.30.